The van der Waals surface area contributed by atoms with E-state index in [0.717, 1.165) is 0 Å². The van der Waals surface area contributed by atoms with E-state index >= 15 is 0 Å². The molecule has 1 heteroatoms. The van der Waals surface area contributed by atoms with E-state index in [-0.39, 0.29) is 0 Å². The Kier molecular flexibility index (Phi) is 7.26. The zero-order chi connectivity index (χ0) is 33.8. The Hall–Kier alpha value is -5.76. The lowest BCUT2D eigenvalue weighted by atomic mass is 9.85. The molecule has 0 heterocycles. The van der Waals surface area contributed by atoms with Crippen molar-refractivity contribution in [3.05, 3.63) is 176 Å². The standard InChI is InChI=1S/C49H38Si/c1-50(2,3)39-29-27-35(28-30-39)48-43-18-8-10-20-45(43)49(46-21-11-9-19-44(46)48)38-26-24-34-15-12-22-42(47(34)32-38)41-17-7-6-16-40(41)37-25-23-33-13-4-5-14-36(33)31-37/h4-32H,1-3H3. The van der Waals surface area contributed by atoms with Gasteiger partial charge in [0.15, 0.2) is 0 Å². The van der Waals surface area contributed by atoms with Gasteiger partial charge < -0.3 is 0 Å². The number of benzene rings is 9. The van der Waals surface area contributed by atoms with Crippen molar-refractivity contribution in [3.8, 4) is 44.5 Å². The molecule has 0 unspecified atom stereocenters. The van der Waals surface area contributed by atoms with Crippen LogP contribution in [0.25, 0.3) is 87.6 Å². The summed E-state index contributed by atoms with van der Waals surface area (Å²) in [5, 5.41) is 11.7. The van der Waals surface area contributed by atoms with Gasteiger partial charge in [-0.2, -0.15) is 0 Å². The van der Waals surface area contributed by atoms with E-state index in [4.69, 9.17) is 0 Å². The Bertz CT molecular complexity index is 2670. The molecule has 0 N–H and O–H groups in total. The Balaban J connectivity index is 1.26. The Morgan fingerprint density at radius 3 is 1.44 bits per heavy atom. The van der Waals surface area contributed by atoms with E-state index in [1.165, 1.54) is 92.8 Å². The minimum Gasteiger partial charge on any atom is -0.0656 e. The quantitative estimate of drug-likeness (QED) is 0.128. The molecule has 0 spiro atoms. The highest BCUT2D eigenvalue weighted by atomic mass is 28.3. The molecule has 0 nitrogen and oxygen atoms in total. The van der Waals surface area contributed by atoms with Gasteiger partial charge in [-0.1, -0.05) is 189 Å². The molecule has 0 aliphatic carbocycles. The second kappa shape index (κ2) is 12.0. The highest BCUT2D eigenvalue weighted by Crippen LogP contribution is 2.45. The van der Waals surface area contributed by atoms with Crippen LogP contribution in [0.2, 0.25) is 19.6 Å². The van der Waals surface area contributed by atoms with Gasteiger partial charge in [0.05, 0.1) is 8.07 Å². The number of rotatable bonds is 5. The zero-order valence-electron chi connectivity index (χ0n) is 28.7. The lowest BCUT2D eigenvalue weighted by molar-refractivity contribution is 1.61. The van der Waals surface area contributed by atoms with Crippen molar-refractivity contribution in [2.75, 3.05) is 0 Å². The van der Waals surface area contributed by atoms with Crippen LogP contribution in [0, 0.1) is 0 Å². The first-order valence-electron chi connectivity index (χ1n) is 17.6. The fourth-order valence-corrected chi connectivity index (χ4v) is 9.04. The molecule has 50 heavy (non-hydrogen) atoms. The SMILES string of the molecule is C[Si](C)(C)c1ccc(-c2c3ccccc3c(-c3ccc4cccc(-c5ccccc5-c5ccc6ccccc6c5)c4c3)c3ccccc23)cc1. The second-order valence-corrected chi connectivity index (χ2v) is 19.6. The van der Waals surface area contributed by atoms with Crippen molar-refractivity contribution in [1.29, 1.82) is 0 Å². The monoisotopic (exact) mass is 654 g/mol. The maximum atomic E-state index is 2.43. The van der Waals surface area contributed by atoms with Crippen LogP contribution in [0.15, 0.2) is 176 Å². The number of hydrogen-bond acceptors (Lipinski definition) is 0. The molecule has 0 bridgehead atoms. The molecule has 0 atom stereocenters. The topological polar surface area (TPSA) is 0 Å². The van der Waals surface area contributed by atoms with Crippen molar-refractivity contribution in [2.45, 2.75) is 19.6 Å². The molecule has 238 valence electrons. The summed E-state index contributed by atoms with van der Waals surface area (Å²) in [5.41, 5.74) is 10.1. The van der Waals surface area contributed by atoms with Gasteiger partial charge in [0.2, 0.25) is 0 Å². The minimum absolute atomic E-state index is 1.23. The normalized spacial score (nSPS) is 11.9. The molecular weight excluding hydrogens is 617 g/mol. The summed E-state index contributed by atoms with van der Waals surface area (Å²) in [6.45, 7) is 7.25. The molecule has 0 aliphatic rings. The van der Waals surface area contributed by atoms with E-state index < -0.39 is 8.07 Å². The smallest absolute Gasteiger partial charge is 0.0656 e. The third-order valence-corrected chi connectivity index (χ3v) is 12.5. The molecule has 0 amide bonds. The number of hydrogen-bond donors (Lipinski definition) is 0. The van der Waals surface area contributed by atoms with Crippen LogP contribution in [-0.2, 0) is 0 Å². The third kappa shape index (κ3) is 5.14. The molecular formula is C49H38Si. The van der Waals surface area contributed by atoms with E-state index in [1.54, 1.807) is 0 Å². The maximum Gasteiger partial charge on any atom is 0.0775 e. The van der Waals surface area contributed by atoms with Gasteiger partial charge in [-0.3, -0.25) is 0 Å². The van der Waals surface area contributed by atoms with Crippen LogP contribution >= 0.6 is 0 Å². The van der Waals surface area contributed by atoms with Gasteiger partial charge in [-0.05, 0) is 99.7 Å². The molecule has 0 radical (unpaired) electrons. The zero-order valence-corrected chi connectivity index (χ0v) is 29.7. The molecule has 9 aromatic carbocycles. The first-order valence-corrected chi connectivity index (χ1v) is 21.1. The Morgan fingerprint density at radius 2 is 0.780 bits per heavy atom. The van der Waals surface area contributed by atoms with E-state index in [2.05, 4.69) is 196 Å². The fourth-order valence-electron chi connectivity index (χ4n) is 7.88. The summed E-state index contributed by atoms with van der Waals surface area (Å²) in [5.74, 6) is 0. The first-order chi connectivity index (χ1) is 24.4. The van der Waals surface area contributed by atoms with Crippen molar-refractivity contribution in [3.63, 3.8) is 0 Å². The van der Waals surface area contributed by atoms with Crippen LogP contribution in [-0.4, -0.2) is 8.07 Å². The first kappa shape index (κ1) is 30.3. The van der Waals surface area contributed by atoms with Gasteiger partial charge in [-0.25, -0.2) is 0 Å². The second-order valence-electron chi connectivity index (χ2n) is 14.5. The Morgan fingerprint density at radius 1 is 0.300 bits per heavy atom. The summed E-state index contributed by atoms with van der Waals surface area (Å²) in [7, 11) is -1.40. The molecule has 0 fully saturated rings. The van der Waals surface area contributed by atoms with Crippen LogP contribution < -0.4 is 5.19 Å². The average molecular weight is 655 g/mol. The van der Waals surface area contributed by atoms with Crippen molar-refractivity contribution in [1.82, 2.24) is 0 Å². The van der Waals surface area contributed by atoms with Crippen LogP contribution in [0.5, 0.6) is 0 Å². The van der Waals surface area contributed by atoms with Crippen LogP contribution in [0.1, 0.15) is 0 Å². The van der Waals surface area contributed by atoms with Gasteiger partial charge in [-0.15, -0.1) is 0 Å². The lowest BCUT2D eigenvalue weighted by Gasteiger charge is -2.20. The van der Waals surface area contributed by atoms with E-state index in [0.29, 0.717) is 0 Å². The highest BCUT2D eigenvalue weighted by Gasteiger charge is 2.20. The molecule has 9 rings (SSSR count). The third-order valence-electron chi connectivity index (χ3n) is 10.4. The van der Waals surface area contributed by atoms with Gasteiger partial charge in [0, 0.05) is 0 Å². The van der Waals surface area contributed by atoms with Crippen molar-refractivity contribution in [2.24, 2.45) is 0 Å². The molecule has 0 saturated carbocycles. The molecule has 0 aromatic heterocycles. The lowest BCUT2D eigenvalue weighted by Crippen LogP contribution is -2.37. The molecule has 0 aliphatic heterocycles. The van der Waals surface area contributed by atoms with Gasteiger partial charge in [0.25, 0.3) is 0 Å². The maximum absolute atomic E-state index is 2.43. The predicted octanol–water partition coefficient (Wildman–Crippen LogP) is 13.5. The average Bonchev–Trinajstić information content (AvgIpc) is 3.16. The van der Waals surface area contributed by atoms with Crippen LogP contribution in [0.3, 0.4) is 0 Å². The van der Waals surface area contributed by atoms with Crippen molar-refractivity contribution >= 4 is 56.4 Å². The highest BCUT2D eigenvalue weighted by molar-refractivity contribution is 6.88. The largest absolute Gasteiger partial charge is 0.0775 e. The fraction of sp³-hybridized carbons (Fsp3) is 0.0612. The van der Waals surface area contributed by atoms with Crippen molar-refractivity contribution < 1.29 is 0 Å². The summed E-state index contributed by atoms with van der Waals surface area (Å²) in [4.78, 5) is 0. The van der Waals surface area contributed by atoms with Gasteiger partial charge >= 0.3 is 0 Å². The van der Waals surface area contributed by atoms with E-state index in [1.807, 2.05) is 0 Å². The van der Waals surface area contributed by atoms with E-state index in [9.17, 15) is 0 Å². The van der Waals surface area contributed by atoms with Crippen LogP contribution in [0.4, 0.5) is 0 Å². The minimum atomic E-state index is -1.40. The summed E-state index contributed by atoms with van der Waals surface area (Å²) >= 11 is 0. The predicted molar refractivity (Wildman–Crippen MR) is 221 cm³/mol. The molecule has 9 aromatic rings. The molecule has 0 saturated heterocycles. The summed E-state index contributed by atoms with van der Waals surface area (Å²) in [6, 6.07) is 65.4. The summed E-state index contributed by atoms with van der Waals surface area (Å²) < 4.78 is 0. The number of fused-ring (bicyclic) bond motifs is 4. The summed E-state index contributed by atoms with van der Waals surface area (Å²) in [6.07, 6.45) is 0. The Labute approximate surface area is 295 Å². The van der Waals surface area contributed by atoms with Gasteiger partial charge in [0.1, 0.15) is 0 Å².